The highest BCUT2D eigenvalue weighted by atomic mass is 32.2. The number of rotatable bonds is 3. The largest absolute Gasteiger partial charge is 0.490 e. The Bertz CT molecular complexity index is 745. The molecule has 1 heterocycles. The summed E-state index contributed by atoms with van der Waals surface area (Å²) in [5, 5.41) is 0. The maximum atomic E-state index is 12.4. The molecule has 0 atom stereocenters. The van der Waals surface area contributed by atoms with Gasteiger partial charge in [0.15, 0.2) is 0 Å². The van der Waals surface area contributed by atoms with E-state index >= 15 is 0 Å². The van der Waals surface area contributed by atoms with Crippen molar-refractivity contribution < 1.29 is 13.2 Å². The molecule has 2 aromatic rings. The predicted molar refractivity (Wildman–Crippen MR) is 82.5 cm³/mol. The van der Waals surface area contributed by atoms with Crippen molar-refractivity contribution in [2.45, 2.75) is 4.90 Å². The molecule has 0 saturated heterocycles. The van der Waals surface area contributed by atoms with E-state index in [0.29, 0.717) is 18.0 Å². The number of hydrogen-bond acceptors (Lipinski definition) is 4. The zero-order chi connectivity index (χ0) is 14.9. The van der Waals surface area contributed by atoms with Crippen LogP contribution in [0.4, 0.5) is 11.4 Å². The number of ether oxygens (including phenoxy) is 1. The number of benzene rings is 2. The van der Waals surface area contributed by atoms with Crippen molar-refractivity contribution in [2.24, 2.45) is 0 Å². The van der Waals surface area contributed by atoms with E-state index in [4.69, 9.17) is 4.74 Å². The quantitative estimate of drug-likeness (QED) is 0.945. The Balaban J connectivity index is 1.94. The average Bonchev–Trinajstić information content (AvgIpc) is 2.48. The Hall–Kier alpha value is -2.21. The van der Waals surface area contributed by atoms with E-state index in [0.717, 1.165) is 12.2 Å². The van der Waals surface area contributed by atoms with Crippen molar-refractivity contribution in [1.29, 1.82) is 0 Å². The minimum Gasteiger partial charge on any atom is -0.490 e. The number of likely N-dealkylation sites (N-methyl/N-ethyl adjacent to an activating group) is 1. The van der Waals surface area contributed by atoms with Crippen molar-refractivity contribution in [2.75, 3.05) is 29.8 Å². The van der Waals surface area contributed by atoms with Gasteiger partial charge in [0, 0.05) is 12.7 Å². The lowest BCUT2D eigenvalue weighted by atomic mass is 10.2. The Morgan fingerprint density at radius 1 is 1.14 bits per heavy atom. The van der Waals surface area contributed by atoms with Crippen molar-refractivity contribution in [3.63, 3.8) is 0 Å². The molecule has 0 unspecified atom stereocenters. The third-order valence-electron chi connectivity index (χ3n) is 3.36. The molecule has 0 aliphatic carbocycles. The number of sulfonamides is 1. The van der Waals surface area contributed by atoms with Gasteiger partial charge in [0.1, 0.15) is 12.4 Å². The van der Waals surface area contributed by atoms with Gasteiger partial charge >= 0.3 is 0 Å². The van der Waals surface area contributed by atoms with Crippen LogP contribution in [0.25, 0.3) is 0 Å². The van der Waals surface area contributed by atoms with Gasteiger partial charge < -0.3 is 9.64 Å². The molecule has 110 valence electrons. The Labute approximate surface area is 124 Å². The fourth-order valence-electron chi connectivity index (χ4n) is 2.22. The summed E-state index contributed by atoms with van der Waals surface area (Å²) in [6, 6.07) is 13.7. The lowest BCUT2D eigenvalue weighted by molar-refractivity contribution is 0.311. The maximum Gasteiger partial charge on any atom is 0.261 e. The molecule has 21 heavy (non-hydrogen) atoms. The molecule has 3 rings (SSSR count). The Morgan fingerprint density at radius 2 is 1.90 bits per heavy atom. The van der Waals surface area contributed by atoms with Crippen molar-refractivity contribution >= 4 is 21.4 Å². The summed E-state index contributed by atoms with van der Waals surface area (Å²) in [7, 11) is -1.68. The topological polar surface area (TPSA) is 58.6 Å². The fraction of sp³-hybridized carbons (Fsp3) is 0.200. The third-order valence-corrected chi connectivity index (χ3v) is 4.74. The Kier molecular flexibility index (Phi) is 3.47. The van der Waals surface area contributed by atoms with Gasteiger partial charge in [-0.05, 0) is 30.3 Å². The lowest BCUT2D eigenvalue weighted by Gasteiger charge is -2.28. The summed E-state index contributed by atoms with van der Waals surface area (Å²) < 4.78 is 32.9. The molecule has 1 aliphatic rings. The average molecular weight is 304 g/mol. The van der Waals surface area contributed by atoms with Crippen LogP contribution in [0, 0.1) is 0 Å². The first kappa shape index (κ1) is 13.8. The van der Waals surface area contributed by atoms with E-state index in [1.165, 1.54) is 0 Å². The van der Waals surface area contributed by atoms with Crippen LogP contribution in [-0.4, -0.2) is 28.6 Å². The summed E-state index contributed by atoms with van der Waals surface area (Å²) in [5.41, 5.74) is 1.33. The standard InChI is InChI=1S/C15H16N2O3S/c1-17-9-10-20-15-8-7-13(11-14(15)17)21(18,19)16-12-5-3-2-4-6-12/h2-8,11,16H,9-10H2,1H3. The molecule has 6 heteroatoms. The molecule has 1 aliphatic heterocycles. The fourth-order valence-corrected chi connectivity index (χ4v) is 3.30. The highest BCUT2D eigenvalue weighted by molar-refractivity contribution is 7.92. The molecule has 0 spiro atoms. The van der Waals surface area contributed by atoms with Crippen LogP contribution in [-0.2, 0) is 10.0 Å². The second kappa shape index (κ2) is 5.29. The van der Waals surface area contributed by atoms with Crippen molar-refractivity contribution in [3.8, 4) is 5.75 Å². The molecule has 2 aromatic carbocycles. The number of anilines is 2. The predicted octanol–water partition coefficient (Wildman–Crippen LogP) is 2.32. The molecule has 5 nitrogen and oxygen atoms in total. The Morgan fingerprint density at radius 3 is 2.67 bits per heavy atom. The van der Waals surface area contributed by atoms with Gasteiger partial charge in [0.25, 0.3) is 10.0 Å². The highest BCUT2D eigenvalue weighted by Gasteiger charge is 2.20. The van der Waals surface area contributed by atoms with Crippen LogP contribution in [0.15, 0.2) is 53.4 Å². The van der Waals surface area contributed by atoms with Gasteiger partial charge in [0.2, 0.25) is 0 Å². The van der Waals surface area contributed by atoms with Gasteiger partial charge in [-0.15, -0.1) is 0 Å². The van der Waals surface area contributed by atoms with E-state index in [1.54, 1.807) is 42.5 Å². The second-order valence-corrected chi connectivity index (χ2v) is 6.55. The molecule has 0 saturated carbocycles. The molecular formula is C15H16N2O3S. The number of para-hydroxylation sites is 1. The van der Waals surface area contributed by atoms with E-state index < -0.39 is 10.0 Å². The number of fused-ring (bicyclic) bond motifs is 1. The zero-order valence-electron chi connectivity index (χ0n) is 11.6. The van der Waals surface area contributed by atoms with Crippen LogP contribution in [0.2, 0.25) is 0 Å². The van der Waals surface area contributed by atoms with Gasteiger partial charge in [-0.2, -0.15) is 0 Å². The first-order chi connectivity index (χ1) is 10.1. The first-order valence-electron chi connectivity index (χ1n) is 6.62. The lowest BCUT2D eigenvalue weighted by Crippen LogP contribution is -2.29. The summed E-state index contributed by atoms with van der Waals surface area (Å²) in [6.07, 6.45) is 0. The smallest absolute Gasteiger partial charge is 0.261 e. The SMILES string of the molecule is CN1CCOc2ccc(S(=O)(=O)Nc3ccccc3)cc21. The number of nitrogens with zero attached hydrogens (tertiary/aromatic N) is 1. The monoisotopic (exact) mass is 304 g/mol. The third kappa shape index (κ3) is 2.80. The maximum absolute atomic E-state index is 12.4. The van der Waals surface area contributed by atoms with E-state index in [2.05, 4.69) is 4.72 Å². The second-order valence-electron chi connectivity index (χ2n) is 4.87. The van der Waals surface area contributed by atoms with Gasteiger partial charge in [-0.25, -0.2) is 8.42 Å². The summed E-state index contributed by atoms with van der Waals surface area (Å²) in [6.45, 7) is 1.35. The number of hydrogen-bond donors (Lipinski definition) is 1. The molecule has 0 amide bonds. The summed E-state index contributed by atoms with van der Waals surface area (Å²) in [5.74, 6) is 0.711. The van der Waals surface area contributed by atoms with Gasteiger partial charge in [0.05, 0.1) is 17.1 Å². The van der Waals surface area contributed by atoms with E-state index in [-0.39, 0.29) is 4.90 Å². The van der Waals surface area contributed by atoms with Crippen molar-refractivity contribution in [3.05, 3.63) is 48.5 Å². The molecule has 0 aromatic heterocycles. The van der Waals surface area contributed by atoms with Crippen LogP contribution >= 0.6 is 0 Å². The summed E-state index contributed by atoms with van der Waals surface area (Å²) >= 11 is 0. The van der Waals surface area contributed by atoms with Crippen molar-refractivity contribution in [1.82, 2.24) is 0 Å². The number of nitrogens with one attached hydrogen (secondary N) is 1. The molecular weight excluding hydrogens is 288 g/mol. The molecule has 0 fully saturated rings. The van der Waals surface area contributed by atoms with Crippen LogP contribution in [0.3, 0.4) is 0 Å². The van der Waals surface area contributed by atoms with Crippen LogP contribution in [0.5, 0.6) is 5.75 Å². The van der Waals surface area contributed by atoms with E-state index in [1.807, 2.05) is 18.0 Å². The first-order valence-corrected chi connectivity index (χ1v) is 8.10. The zero-order valence-corrected chi connectivity index (χ0v) is 12.4. The highest BCUT2D eigenvalue weighted by Crippen LogP contribution is 2.33. The van der Waals surface area contributed by atoms with Gasteiger partial charge in [-0.1, -0.05) is 18.2 Å². The normalized spacial score (nSPS) is 14.2. The summed E-state index contributed by atoms with van der Waals surface area (Å²) in [4.78, 5) is 2.21. The van der Waals surface area contributed by atoms with Crippen LogP contribution < -0.4 is 14.4 Å². The van der Waals surface area contributed by atoms with E-state index in [9.17, 15) is 8.42 Å². The molecule has 0 radical (unpaired) electrons. The molecule has 0 bridgehead atoms. The van der Waals surface area contributed by atoms with Crippen LogP contribution in [0.1, 0.15) is 0 Å². The van der Waals surface area contributed by atoms with Gasteiger partial charge in [-0.3, -0.25) is 4.72 Å². The minimum atomic E-state index is -3.60. The molecule has 1 N–H and O–H groups in total. The minimum absolute atomic E-state index is 0.224.